The number of benzene rings is 1. The first-order chi connectivity index (χ1) is 9.24. The Morgan fingerprint density at radius 3 is 2.79 bits per heavy atom. The lowest BCUT2D eigenvalue weighted by atomic mass is 9.87. The highest BCUT2D eigenvalue weighted by atomic mass is 16.5. The Kier molecular flexibility index (Phi) is 3.23. The minimum atomic E-state index is -0.145. The molecule has 0 aliphatic heterocycles. The number of nitrogens with zero attached hydrogens (tertiary/aromatic N) is 1. The van der Waals surface area contributed by atoms with Gasteiger partial charge in [-0.15, -0.1) is 0 Å². The maximum absolute atomic E-state index is 12.2. The van der Waals surface area contributed by atoms with Crippen molar-refractivity contribution in [2.24, 2.45) is 5.92 Å². The summed E-state index contributed by atoms with van der Waals surface area (Å²) in [5.74, 6) is 0.960. The van der Waals surface area contributed by atoms with Gasteiger partial charge >= 0.3 is 0 Å². The van der Waals surface area contributed by atoms with E-state index in [2.05, 4.69) is 17.4 Å². The van der Waals surface area contributed by atoms with Crippen LogP contribution in [0.25, 0.3) is 10.9 Å². The first kappa shape index (κ1) is 12.2. The predicted octanol–water partition coefficient (Wildman–Crippen LogP) is 3.14. The highest BCUT2D eigenvalue weighted by molar-refractivity contribution is 6.03. The number of fused-ring (bicyclic) bond motifs is 1. The largest absolute Gasteiger partial charge is 0.350 e. The number of rotatable bonds is 2. The van der Waals surface area contributed by atoms with Gasteiger partial charge in [-0.1, -0.05) is 24.2 Å². The molecule has 1 amide bonds. The number of nitrogens with one attached hydrogen (secondary N) is 1. The maximum Gasteiger partial charge on any atom is 0.290 e. The molecule has 0 spiro atoms. The molecule has 19 heavy (non-hydrogen) atoms. The van der Waals surface area contributed by atoms with E-state index in [1.54, 1.807) is 0 Å². The van der Waals surface area contributed by atoms with Crippen molar-refractivity contribution in [2.75, 3.05) is 0 Å². The van der Waals surface area contributed by atoms with Crippen LogP contribution in [0.3, 0.4) is 0 Å². The third-order valence-corrected chi connectivity index (χ3v) is 3.94. The minimum absolute atomic E-state index is 0.145. The highest BCUT2D eigenvalue weighted by Crippen LogP contribution is 2.24. The second kappa shape index (κ2) is 5.03. The van der Waals surface area contributed by atoms with Gasteiger partial charge in [0.1, 0.15) is 5.52 Å². The molecule has 1 aliphatic carbocycles. The van der Waals surface area contributed by atoms with Gasteiger partial charge in [-0.3, -0.25) is 4.79 Å². The molecule has 1 aliphatic rings. The van der Waals surface area contributed by atoms with Gasteiger partial charge in [0, 0.05) is 6.04 Å². The van der Waals surface area contributed by atoms with Crippen molar-refractivity contribution >= 4 is 16.8 Å². The van der Waals surface area contributed by atoms with Gasteiger partial charge in [0.2, 0.25) is 5.76 Å². The summed E-state index contributed by atoms with van der Waals surface area (Å²) in [6.07, 6.45) is 4.47. The molecule has 1 fully saturated rings. The van der Waals surface area contributed by atoms with Crippen LogP contribution in [0.4, 0.5) is 0 Å². The van der Waals surface area contributed by atoms with E-state index in [9.17, 15) is 4.79 Å². The maximum atomic E-state index is 12.2. The third kappa shape index (κ3) is 2.48. The lowest BCUT2D eigenvalue weighted by molar-refractivity contribution is 0.0888. The van der Waals surface area contributed by atoms with E-state index < -0.39 is 0 Å². The summed E-state index contributed by atoms with van der Waals surface area (Å²) in [5.41, 5.74) is 0.727. The smallest absolute Gasteiger partial charge is 0.290 e. The third-order valence-electron chi connectivity index (χ3n) is 3.94. The fourth-order valence-electron chi connectivity index (χ4n) is 2.71. The minimum Gasteiger partial charge on any atom is -0.350 e. The molecule has 100 valence electrons. The number of carbonyl (C=O) groups excluding carboxylic acids is 1. The Bertz CT molecular complexity index is 583. The van der Waals surface area contributed by atoms with Crippen molar-refractivity contribution in [1.29, 1.82) is 0 Å². The molecule has 1 aromatic carbocycles. The Labute approximate surface area is 112 Å². The standard InChI is InChI=1S/C15H18N2O2/c1-10-6-8-11(9-7-10)16-15(18)14-12-4-2-3-5-13(12)17-19-14/h2-5,10-11H,6-9H2,1H3,(H,16,18). The van der Waals surface area contributed by atoms with Crippen molar-refractivity contribution in [3.63, 3.8) is 0 Å². The van der Waals surface area contributed by atoms with Crippen LogP contribution in [0.1, 0.15) is 43.2 Å². The molecule has 3 rings (SSSR count). The number of amides is 1. The van der Waals surface area contributed by atoms with E-state index in [1.807, 2.05) is 24.3 Å². The van der Waals surface area contributed by atoms with E-state index >= 15 is 0 Å². The average molecular weight is 258 g/mol. The molecule has 2 aromatic rings. The zero-order valence-electron chi connectivity index (χ0n) is 11.1. The van der Waals surface area contributed by atoms with Crippen LogP contribution in [-0.4, -0.2) is 17.1 Å². The number of aromatic nitrogens is 1. The van der Waals surface area contributed by atoms with Crippen molar-refractivity contribution < 1.29 is 9.32 Å². The van der Waals surface area contributed by atoms with Crippen molar-refractivity contribution in [3.8, 4) is 0 Å². The summed E-state index contributed by atoms with van der Waals surface area (Å²) in [4.78, 5) is 12.2. The van der Waals surface area contributed by atoms with Gasteiger partial charge in [-0.25, -0.2) is 0 Å². The Balaban J connectivity index is 1.73. The summed E-state index contributed by atoms with van der Waals surface area (Å²) in [6.45, 7) is 2.27. The number of carbonyl (C=O) groups is 1. The van der Waals surface area contributed by atoms with Crippen LogP contribution in [0.5, 0.6) is 0 Å². The van der Waals surface area contributed by atoms with E-state index in [4.69, 9.17) is 4.52 Å². The Hall–Kier alpha value is -1.84. The molecule has 0 bridgehead atoms. The van der Waals surface area contributed by atoms with Gasteiger partial charge in [-0.05, 0) is 43.7 Å². The molecular formula is C15H18N2O2. The Morgan fingerprint density at radius 1 is 1.26 bits per heavy atom. The van der Waals surface area contributed by atoms with Crippen molar-refractivity contribution in [2.45, 2.75) is 38.6 Å². The number of hydrogen-bond donors (Lipinski definition) is 1. The summed E-state index contributed by atoms with van der Waals surface area (Å²) in [5, 5.41) is 7.75. The molecule has 0 atom stereocenters. The molecule has 0 unspecified atom stereocenters. The second-order valence-corrected chi connectivity index (χ2v) is 5.46. The van der Waals surface area contributed by atoms with Crippen LogP contribution >= 0.6 is 0 Å². The lowest BCUT2D eigenvalue weighted by Crippen LogP contribution is -2.37. The molecule has 0 saturated heterocycles. The fourth-order valence-corrected chi connectivity index (χ4v) is 2.71. The molecule has 1 N–H and O–H groups in total. The van der Waals surface area contributed by atoms with Crippen molar-refractivity contribution in [1.82, 2.24) is 10.5 Å². The monoisotopic (exact) mass is 258 g/mol. The van der Waals surface area contributed by atoms with E-state index in [0.717, 1.165) is 29.7 Å². The predicted molar refractivity (Wildman–Crippen MR) is 72.9 cm³/mol. The molecule has 4 nitrogen and oxygen atoms in total. The van der Waals surface area contributed by atoms with Gasteiger partial charge < -0.3 is 9.84 Å². The second-order valence-electron chi connectivity index (χ2n) is 5.46. The van der Waals surface area contributed by atoms with E-state index in [-0.39, 0.29) is 11.9 Å². The van der Waals surface area contributed by atoms with E-state index in [0.29, 0.717) is 5.76 Å². The summed E-state index contributed by atoms with van der Waals surface area (Å²) < 4.78 is 5.18. The number of hydrogen-bond acceptors (Lipinski definition) is 3. The highest BCUT2D eigenvalue weighted by Gasteiger charge is 2.23. The van der Waals surface area contributed by atoms with Crippen LogP contribution in [0.15, 0.2) is 28.8 Å². The molecule has 1 aromatic heterocycles. The van der Waals surface area contributed by atoms with Gasteiger partial charge in [-0.2, -0.15) is 0 Å². The average Bonchev–Trinajstić information content (AvgIpc) is 2.85. The molecule has 0 radical (unpaired) electrons. The first-order valence-corrected chi connectivity index (χ1v) is 6.89. The topological polar surface area (TPSA) is 55.1 Å². The first-order valence-electron chi connectivity index (χ1n) is 6.89. The SMILES string of the molecule is CC1CCC(NC(=O)c2onc3ccccc23)CC1. The summed E-state index contributed by atoms with van der Waals surface area (Å²) in [7, 11) is 0. The van der Waals surface area contributed by atoms with Gasteiger partial charge in [0.25, 0.3) is 5.91 Å². The molecule has 1 heterocycles. The molecule has 4 heteroatoms. The lowest BCUT2D eigenvalue weighted by Gasteiger charge is -2.26. The van der Waals surface area contributed by atoms with Crippen LogP contribution in [0, 0.1) is 5.92 Å². The summed E-state index contributed by atoms with van der Waals surface area (Å²) in [6, 6.07) is 7.75. The zero-order chi connectivity index (χ0) is 13.2. The zero-order valence-corrected chi connectivity index (χ0v) is 11.1. The molecule has 1 saturated carbocycles. The fraction of sp³-hybridized carbons (Fsp3) is 0.467. The molecular weight excluding hydrogens is 240 g/mol. The van der Waals surface area contributed by atoms with Crippen LogP contribution < -0.4 is 5.32 Å². The normalized spacial score (nSPS) is 23.4. The van der Waals surface area contributed by atoms with Gasteiger partial charge in [0.05, 0.1) is 5.39 Å². The van der Waals surface area contributed by atoms with Crippen LogP contribution in [0.2, 0.25) is 0 Å². The quantitative estimate of drug-likeness (QED) is 0.900. The van der Waals surface area contributed by atoms with Crippen LogP contribution in [-0.2, 0) is 0 Å². The van der Waals surface area contributed by atoms with E-state index in [1.165, 1.54) is 12.8 Å². The van der Waals surface area contributed by atoms with Gasteiger partial charge in [0.15, 0.2) is 0 Å². The summed E-state index contributed by atoms with van der Waals surface area (Å²) >= 11 is 0. The Morgan fingerprint density at radius 2 is 2.00 bits per heavy atom. The van der Waals surface area contributed by atoms with Crippen molar-refractivity contribution in [3.05, 3.63) is 30.0 Å².